The molecule has 1 aromatic heterocycles. The number of rotatable bonds is 6. The molecule has 0 unspecified atom stereocenters. The fourth-order valence-electron chi connectivity index (χ4n) is 2.26. The average molecular weight is 351 g/mol. The maximum atomic E-state index is 13.4. The topological polar surface area (TPSA) is 79.4 Å². The van der Waals surface area contributed by atoms with Crippen LogP contribution in [-0.2, 0) is 21.4 Å². The lowest BCUT2D eigenvalue weighted by Gasteiger charge is -2.28. The molecular formula is C16H18FN3O3S. The van der Waals surface area contributed by atoms with E-state index in [4.69, 9.17) is 0 Å². The van der Waals surface area contributed by atoms with Gasteiger partial charge in [-0.1, -0.05) is 12.1 Å². The third-order valence-electron chi connectivity index (χ3n) is 3.34. The Hall–Kier alpha value is -2.48. The molecule has 24 heavy (non-hydrogen) atoms. The first-order valence-corrected chi connectivity index (χ1v) is 9.05. The molecule has 6 nitrogen and oxygen atoms in total. The Morgan fingerprint density at radius 1 is 1.33 bits per heavy atom. The van der Waals surface area contributed by atoms with E-state index in [1.165, 1.54) is 25.1 Å². The van der Waals surface area contributed by atoms with E-state index in [1.807, 2.05) is 0 Å². The molecule has 0 aliphatic heterocycles. The Balaban J connectivity index is 2.19. The number of hydrogen-bond donors (Lipinski definition) is 1. The summed E-state index contributed by atoms with van der Waals surface area (Å²) in [7, 11) is -3.77. The van der Waals surface area contributed by atoms with E-state index < -0.39 is 27.8 Å². The maximum Gasteiger partial charge on any atom is 0.243 e. The van der Waals surface area contributed by atoms with E-state index in [-0.39, 0.29) is 12.2 Å². The number of hydrogen-bond acceptors (Lipinski definition) is 4. The molecule has 0 saturated heterocycles. The monoisotopic (exact) mass is 351 g/mol. The van der Waals surface area contributed by atoms with Gasteiger partial charge in [-0.2, -0.15) is 0 Å². The number of halogens is 1. The van der Waals surface area contributed by atoms with Crippen molar-refractivity contribution in [1.29, 1.82) is 0 Å². The second kappa shape index (κ2) is 7.39. The Bertz CT molecular complexity index is 812. The molecule has 1 aromatic carbocycles. The SMILES string of the molecule is C[C@H](C(=O)NCc1cccnc1)N(c1cccc(F)c1)S(C)(=O)=O. The number of sulfonamides is 1. The van der Waals surface area contributed by atoms with Crippen molar-refractivity contribution in [1.82, 2.24) is 10.3 Å². The number of pyridine rings is 1. The van der Waals surface area contributed by atoms with E-state index >= 15 is 0 Å². The molecule has 0 aliphatic rings. The van der Waals surface area contributed by atoms with Crippen molar-refractivity contribution >= 4 is 21.6 Å². The summed E-state index contributed by atoms with van der Waals surface area (Å²) in [6.45, 7) is 1.67. The molecule has 0 spiro atoms. The number of anilines is 1. The van der Waals surface area contributed by atoms with E-state index in [0.29, 0.717) is 0 Å². The Morgan fingerprint density at radius 2 is 2.08 bits per heavy atom. The maximum absolute atomic E-state index is 13.4. The molecule has 0 saturated carbocycles. The lowest BCUT2D eigenvalue weighted by atomic mass is 10.2. The van der Waals surface area contributed by atoms with Crippen LogP contribution in [0.5, 0.6) is 0 Å². The van der Waals surface area contributed by atoms with Crippen LogP contribution in [0.4, 0.5) is 10.1 Å². The van der Waals surface area contributed by atoms with Gasteiger partial charge >= 0.3 is 0 Å². The lowest BCUT2D eigenvalue weighted by molar-refractivity contribution is -0.122. The standard InChI is InChI=1S/C16H18FN3O3S/c1-12(16(21)19-11-13-5-4-8-18-10-13)20(24(2,22)23)15-7-3-6-14(17)9-15/h3-10,12H,11H2,1-2H3,(H,19,21)/t12-/m1/s1. The fraction of sp³-hybridized carbons (Fsp3) is 0.250. The Kier molecular flexibility index (Phi) is 5.50. The average Bonchev–Trinajstić information content (AvgIpc) is 2.52. The Morgan fingerprint density at radius 3 is 2.67 bits per heavy atom. The number of amides is 1. The van der Waals surface area contributed by atoms with Crippen LogP contribution >= 0.6 is 0 Å². The molecule has 1 amide bonds. The van der Waals surface area contributed by atoms with Crippen molar-refractivity contribution < 1.29 is 17.6 Å². The molecule has 0 radical (unpaired) electrons. The van der Waals surface area contributed by atoms with Crippen molar-refractivity contribution in [3.8, 4) is 0 Å². The summed E-state index contributed by atoms with van der Waals surface area (Å²) in [4.78, 5) is 16.3. The zero-order valence-corrected chi connectivity index (χ0v) is 14.1. The van der Waals surface area contributed by atoms with Crippen LogP contribution in [0.2, 0.25) is 0 Å². The van der Waals surface area contributed by atoms with Gasteiger partial charge < -0.3 is 5.32 Å². The lowest BCUT2D eigenvalue weighted by Crippen LogP contribution is -2.47. The van der Waals surface area contributed by atoms with Crippen molar-refractivity contribution in [3.05, 3.63) is 60.2 Å². The predicted molar refractivity (Wildman–Crippen MR) is 89.3 cm³/mol. The first-order valence-electron chi connectivity index (χ1n) is 7.20. The van der Waals surface area contributed by atoms with Gasteiger partial charge in [-0.3, -0.25) is 14.1 Å². The molecule has 1 heterocycles. The number of carbonyl (C=O) groups is 1. The van der Waals surface area contributed by atoms with Gasteiger partial charge in [0.15, 0.2) is 0 Å². The van der Waals surface area contributed by atoms with Crippen LogP contribution < -0.4 is 9.62 Å². The van der Waals surface area contributed by atoms with Gasteiger partial charge in [0.1, 0.15) is 11.9 Å². The van der Waals surface area contributed by atoms with Gasteiger partial charge in [0.2, 0.25) is 15.9 Å². The number of benzene rings is 1. The zero-order valence-electron chi connectivity index (χ0n) is 13.3. The largest absolute Gasteiger partial charge is 0.350 e. The van der Waals surface area contributed by atoms with Crippen LogP contribution in [0.1, 0.15) is 12.5 Å². The van der Waals surface area contributed by atoms with Gasteiger partial charge in [-0.15, -0.1) is 0 Å². The summed E-state index contributed by atoms with van der Waals surface area (Å²) in [5.41, 5.74) is 0.885. The summed E-state index contributed by atoms with van der Waals surface area (Å²) >= 11 is 0. The van der Waals surface area contributed by atoms with E-state index in [9.17, 15) is 17.6 Å². The highest BCUT2D eigenvalue weighted by Crippen LogP contribution is 2.21. The van der Waals surface area contributed by atoms with Crippen molar-refractivity contribution in [3.63, 3.8) is 0 Å². The van der Waals surface area contributed by atoms with Gasteiger partial charge in [-0.05, 0) is 36.8 Å². The van der Waals surface area contributed by atoms with E-state index in [0.717, 1.165) is 22.2 Å². The molecule has 128 valence electrons. The minimum Gasteiger partial charge on any atom is -0.350 e. The highest BCUT2D eigenvalue weighted by atomic mass is 32.2. The smallest absolute Gasteiger partial charge is 0.243 e. The van der Waals surface area contributed by atoms with Gasteiger partial charge in [0.05, 0.1) is 11.9 Å². The molecule has 0 bridgehead atoms. The molecule has 0 aliphatic carbocycles. The molecule has 1 N–H and O–H groups in total. The first kappa shape index (κ1) is 17.9. The summed E-state index contributed by atoms with van der Waals surface area (Å²) in [5.74, 6) is -1.07. The summed E-state index contributed by atoms with van der Waals surface area (Å²) in [6.07, 6.45) is 4.19. The molecule has 2 rings (SSSR count). The number of nitrogens with zero attached hydrogens (tertiary/aromatic N) is 2. The predicted octanol–water partition coefficient (Wildman–Crippen LogP) is 1.69. The molecular weight excluding hydrogens is 333 g/mol. The second-order valence-electron chi connectivity index (χ2n) is 5.29. The van der Waals surface area contributed by atoms with Crippen LogP contribution in [0, 0.1) is 5.82 Å². The van der Waals surface area contributed by atoms with E-state index in [2.05, 4.69) is 10.3 Å². The molecule has 1 atom stereocenters. The second-order valence-corrected chi connectivity index (χ2v) is 7.15. The Labute approximate surface area is 140 Å². The number of aromatic nitrogens is 1. The zero-order chi connectivity index (χ0) is 17.7. The summed E-state index contributed by atoms with van der Waals surface area (Å²) in [5, 5.41) is 2.66. The minimum atomic E-state index is -3.77. The normalized spacial score (nSPS) is 12.5. The summed E-state index contributed by atoms with van der Waals surface area (Å²) < 4.78 is 38.5. The summed E-state index contributed by atoms with van der Waals surface area (Å²) in [6, 6.07) is 7.61. The van der Waals surface area contributed by atoms with Crippen molar-refractivity contribution in [2.45, 2.75) is 19.5 Å². The third kappa shape index (κ3) is 4.51. The number of carbonyl (C=O) groups excluding carboxylic acids is 1. The highest BCUT2D eigenvalue weighted by Gasteiger charge is 2.29. The molecule has 0 fully saturated rings. The highest BCUT2D eigenvalue weighted by molar-refractivity contribution is 7.92. The van der Waals surface area contributed by atoms with Crippen LogP contribution in [0.25, 0.3) is 0 Å². The third-order valence-corrected chi connectivity index (χ3v) is 4.58. The number of nitrogens with one attached hydrogen (secondary N) is 1. The van der Waals surface area contributed by atoms with Crippen LogP contribution in [0.3, 0.4) is 0 Å². The first-order chi connectivity index (χ1) is 11.3. The quantitative estimate of drug-likeness (QED) is 0.859. The van der Waals surface area contributed by atoms with Gasteiger partial charge in [0, 0.05) is 18.9 Å². The molecule has 2 aromatic rings. The van der Waals surface area contributed by atoms with Gasteiger partial charge in [0.25, 0.3) is 0 Å². The minimum absolute atomic E-state index is 0.0986. The molecule has 8 heteroatoms. The van der Waals surface area contributed by atoms with E-state index in [1.54, 1.807) is 24.5 Å². The van der Waals surface area contributed by atoms with Gasteiger partial charge in [-0.25, -0.2) is 12.8 Å². The van der Waals surface area contributed by atoms with Crippen LogP contribution in [-0.4, -0.2) is 31.6 Å². The van der Waals surface area contributed by atoms with Crippen LogP contribution in [0.15, 0.2) is 48.8 Å². The fourth-order valence-corrected chi connectivity index (χ4v) is 3.43. The van der Waals surface area contributed by atoms with Crippen molar-refractivity contribution in [2.24, 2.45) is 0 Å². The van der Waals surface area contributed by atoms with Crippen molar-refractivity contribution in [2.75, 3.05) is 10.6 Å².